The molecule has 2 aromatic carbocycles. The number of Topliss-reactive ketones (excluding diaryl/α,β-unsaturated/α-hetero) is 1. The van der Waals surface area contributed by atoms with Gasteiger partial charge in [-0.1, -0.05) is 24.3 Å². The fourth-order valence-electron chi connectivity index (χ4n) is 2.35. The summed E-state index contributed by atoms with van der Waals surface area (Å²) >= 11 is 0. The lowest BCUT2D eigenvalue weighted by molar-refractivity contribution is -0.140. The van der Waals surface area contributed by atoms with Crippen molar-refractivity contribution in [2.45, 2.75) is 26.9 Å². The van der Waals surface area contributed by atoms with Crippen molar-refractivity contribution in [1.82, 2.24) is 0 Å². The number of carbonyl (C=O) groups is 2. The van der Waals surface area contributed by atoms with Gasteiger partial charge in [0.1, 0.15) is 11.8 Å². The summed E-state index contributed by atoms with van der Waals surface area (Å²) in [5, 5.41) is 8.48. The molecule has 0 aliphatic rings. The van der Waals surface area contributed by atoms with E-state index in [9.17, 15) is 9.59 Å². The van der Waals surface area contributed by atoms with E-state index >= 15 is 0 Å². The predicted octanol–water partition coefficient (Wildman–Crippen LogP) is 4.03. The van der Waals surface area contributed by atoms with Crippen molar-refractivity contribution in [2.24, 2.45) is 0 Å². The SMILES string of the molecule is Cc1ccc(C(=O)C(C)OC(=O)/C=C/c2ccc(OCC#N)cc2)cc1C. The first kappa shape index (κ1) is 19.9. The standard InChI is InChI=1S/C22H21NO4/c1-15-4-8-19(14-16(15)2)22(25)17(3)27-21(24)11-7-18-5-9-20(10-6-18)26-13-12-23/h4-11,14,17H,13H2,1-3H3/b11-7+. The predicted molar refractivity (Wildman–Crippen MR) is 102 cm³/mol. The number of carbonyl (C=O) groups excluding carboxylic acids is 2. The molecule has 0 N–H and O–H groups in total. The van der Waals surface area contributed by atoms with Crippen molar-refractivity contribution >= 4 is 17.8 Å². The molecule has 138 valence electrons. The van der Waals surface area contributed by atoms with Crippen LogP contribution in [0.2, 0.25) is 0 Å². The van der Waals surface area contributed by atoms with E-state index in [2.05, 4.69) is 0 Å². The van der Waals surface area contributed by atoms with Gasteiger partial charge in [0.15, 0.2) is 12.7 Å². The molecule has 0 radical (unpaired) electrons. The second-order valence-corrected chi connectivity index (χ2v) is 6.09. The van der Waals surface area contributed by atoms with E-state index in [1.54, 1.807) is 49.4 Å². The number of nitrogens with zero attached hydrogens (tertiary/aromatic N) is 1. The van der Waals surface area contributed by atoms with Crippen LogP contribution in [0.5, 0.6) is 5.75 Å². The van der Waals surface area contributed by atoms with Gasteiger partial charge in [-0.15, -0.1) is 0 Å². The summed E-state index contributed by atoms with van der Waals surface area (Å²) in [5.41, 5.74) is 3.41. The number of nitriles is 1. The lowest BCUT2D eigenvalue weighted by atomic mass is 10.0. The van der Waals surface area contributed by atoms with Crippen molar-refractivity contribution in [2.75, 3.05) is 6.61 Å². The fourth-order valence-corrected chi connectivity index (χ4v) is 2.35. The van der Waals surface area contributed by atoms with Crippen LogP contribution >= 0.6 is 0 Å². The lowest BCUT2D eigenvalue weighted by Gasteiger charge is -2.12. The number of ketones is 1. The van der Waals surface area contributed by atoms with Gasteiger partial charge in [-0.2, -0.15) is 5.26 Å². The maximum atomic E-state index is 12.4. The minimum Gasteiger partial charge on any atom is -0.479 e. The number of benzene rings is 2. The van der Waals surface area contributed by atoms with Gasteiger partial charge in [0.25, 0.3) is 0 Å². The molecule has 0 aliphatic carbocycles. The molecule has 0 saturated carbocycles. The Labute approximate surface area is 158 Å². The lowest BCUT2D eigenvalue weighted by Crippen LogP contribution is -2.23. The number of hydrogen-bond donors (Lipinski definition) is 0. The molecule has 0 fully saturated rings. The van der Waals surface area contributed by atoms with E-state index < -0.39 is 12.1 Å². The third kappa shape index (κ3) is 5.82. The van der Waals surface area contributed by atoms with Gasteiger partial charge in [-0.25, -0.2) is 4.79 Å². The Hall–Kier alpha value is -3.39. The van der Waals surface area contributed by atoms with Crippen LogP contribution < -0.4 is 4.74 Å². The van der Waals surface area contributed by atoms with Crippen molar-refractivity contribution in [1.29, 1.82) is 5.26 Å². The maximum absolute atomic E-state index is 12.4. The summed E-state index contributed by atoms with van der Waals surface area (Å²) in [5.74, 6) is -0.257. The summed E-state index contributed by atoms with van der Waals surface area (Å²) in [4.78, 5) is 24.4. The van der Waals surface area contributed by atoms with E-state index in [-0.39, 0.29) is 12.4 Å². The van der Waals surface area contributed by atoms with Crippen LogP contribution in [-0.4, -0.2) is 24.5 Å². The molecule has 2 aromatic rings. The summed E-state index contributed by atoms with van der Waals surface area (Å²) in [6.45, 7) is 5.45. The molecule has 0 amide bonds. The van der Waals surface area contributed by atoms with Crippen LogP contribution in [0.4, 0.5) is 0 Å². The molecule has 1 unspecified atom stereocenters. The molecular weight excluding hydrogens is 342 g/mol. The summed E-state index contributed by atoms with van der Waals surface area (Å²) in [7, 11) is 0. The fraction of sp³-hybridized carbons (Fsp3) is 0.227. The summed E-state index contributed by atoms with van der Waals surface area (Å²) < 4.78 is 10.4. The summed E-state index contributed by atoms with van der Waals surface area (Å²) in [6, 6.07) is 14.2. The molecule has 0 saturated heterocycles. The Bertz CT molecular complexity index is 892. The van der Waals surface area contributed by atoms with Crippen LogP contribution in [-0.2, 0) is 9.53 Å². The largest absolute Gasteiger partial charge is 0.479 e. The molecule has 0 spiro atoms. The highest BCUT2D eigenvalue weighted by Gasteiger charge is 2.18. The molecule has 0 aromatic heterocycles. The van der Waals surface area contributed by atoms with Gasteiger partial charge in [-0.3, -0.25) is 4.79 Å². The highest BCUT2D eigenvalue weighted by atomic mass is 16.5. The van der Waals surface area contributed by atoms with Crippen molar-refractivity contribution in [3.63, 3.8) is 0 Å². The van der Waals surface area contributed by atoms with E-state index in [0.29, 0.717) is 11.3 Å². The second-order valence-electron chi connectivity index (χ2n) is 6.09. The minimum atomic E-state index is -0.869. The zero-order valence-corrected chi connectivity index (χ0v) is 15.6. The molecular formula is C22H21NO4. The Morgan fingerprint density at radius 2 is 1.81 bits per heavy atom. The monoisotopic (exact) mass is 363 g/mol. The number of esters is 1. The van der Waals surface area contributed by atoms with Gasteiger partial charge in [0.05, 0.1) is 0 Å². The van der Waals surface area contributed by atoms with E-state index in [0.717, 1.165) is 16.7 Å². The first-order valence-electron chi connectivity index (χ1n) is 8.50. The number of rotatable bonds is 7. The Morgan fingerprint density at radius 3 is 2.44 bits per heavy atom. The molecule has 5 heteroatoms. The third-order valence-electron chi connectivity index (χ3n) is 4.05. The average molecular weight is 363 g/mol. The van der Waals surface area contributed by atoms with Crippen LogP contribution in [0, 0.1) is 25.2 Å². The van der Waals surface area contributed by atoms with E-state index in [1.165, 1.54) is 6.08 Å². The molecule has 5 nitrogen and oxygen atoms in total. The van der Waals surface area contributed by atoms with Crippen molar-refractivity contribution < 1.29 is 19.1 Å². The highest BCUT2D eigenvalue weighted by molar-refractivity contribution is 6.01. The zero-order chi connectivity index (χ0) is 19.8. The minimum absolute atomic E-state index is 0.0199. The van der Waals surface area contributed by atoms with Gasteiger partial charge < -0.3 is 9.47 Å². The third-order valence-corrected chi connectivity index (χ3v) is 4.05. The van der Waals surface area contributed by atoms with Crippen LogP contribution in [0.1, 0.15) is 34.0 Å². The normalized spacial score (nSPS) is 11.6. The molecule has 0 bridgehead atoms. The molecule has 0 heterocycles. The average Bonchev–Trinajstić information content (AvgIpc) is 2.67. The zero-order valence-electron chi connectivity index (χ0n) is 15.6. The Morgan fingerprint density at radius 1 is 1.11 bits per heavy atom. The Kier molecular flexibility index (Phi) is 6.90. The molecule has 0 aliphatic heterocycles. The van der Waals surface area contributed by atoms with E-state index in [1.807, 2.05) is 26.0 Å². The van der Waals surface area contributed by atoms with Gasteiger partial charge in [0.2, 0.25) is 5.78 Å². The van der Waals surface area contributed by atoms with Crippen LogP contribution in [0.25, 0.3) is 6.08 Å². The first-order valence-corrected chi connectivity index (χ1v) is 8.50. The van der Waals surface area contributed by atoms with Crippen molar-refractivity contribution in [3.05, 3.63) is 70.8 Å². The quantitative estimate of drug-likeness (QED) is 0.422. The number of aryl methyl sites for hydroxylation is 2. The highest BCUT2D eigenvalue weighted by Crippen LogP contribution is 2.15. The topological polar surface area (TPSA) is 76.4 Å². The maximum Gasteiger partial charge on any atom is 0.331 e. The van der Waals surface area contributed by atoms with Gasteiger partial charge >= 0.3 is 5.97 Å². The number of hydrogen-bond acceptors (Lipinski definition) is 5. The van der Waals surface area contributed by atoms with Gasteiger partial charge in [0, 0.05) is 11.6 Å². The van der Waals surface area contributed by atoms with Crippen LogP contribution in [0.3, 0.4) is 0 Å². The molecule has 2 rings (SSSR count). The van der Waals surface area contributed by atoms with Crippen molar-refractivity contribution in [3.8, 4) is 11.8 Å². The van der Waals surface area contributed by atoms with Crippen LogP contribution in [0.15, 0.2) is 48.5 Å². The second kappa shape index (κ2) is 9.35. The van der Waals surface area contributed by atoms with E-state index in [4.69, 9.17) is 14.7 Å². The number of ether oxygens (including phenoxy) is 2. The molecule has 1 atom stereocenters. The molecule has 27 heavy (non-hydrogen) atoms. The first-order chi connectivity index (χ1) is 12.9. The summed E-state index contributed by atoms with van der Waals surface area (Å²) in [6.07, 6.45) is 1.99. The Balaban J connectivity index is 1.93. The van der Waals surface area contributed by atoms with Gasteiger partial charge in [-0.05, 0) is 61.7 Å². The smallest absolute Gasteiger partial charge is 0.331 e.